The minimum atomic E-state index is -0.997. The Hall–Kier alpha value is -2.82. The molecule has 2 aromatic carbocycles. The zero-order chi connectivity index (χ0) is 19.3. The van der Waals surface area contributed by atoms with E-state index >= 15 is 0 Å². The summed E-state index contributed by atoms with van der Waals surface area (Å²) in [4.78, 5) is 23.7. The molecule has 0 atom stereocenters. The van der Waals surface area contributed by atoms with Crippen molar-refractivity contribution in [3.63, 3.8) is 0 Å². The molecule has 0 aliphatic carbocycles. The van der Waals surface area contributed by atoms with E-state index in [0.29, 0.717) is 18.7 Å². The summed E-state index contributed by atoms with van der Waals surface area (Å²) in [6.45, 7) is 6.25. The lowest BCUT2D eigenvalue weighted by molar-refractivity contribution is -0.125. The number of benzene rings is 2. The molecule has 2 N–H and O–H groups in total. The summed E-state index contributed by atoms with van der Waals surface area (Å²) in [5, 5.41) is 12.0. The third-order valence-electron chi connectivity index (χ3n) is 4.55. The molecule has 2 aromatic rings. The minimum Gasteiger partial charge on any atom is -0.496 e. The maximum atomic E-state index is 12.6. The molecule has 0 aromatic heterocycles. The number of carboxylic acids is 1. The Bertz CT molecular complexity index is 794. The van der Waals surface area contributed by atoms with Crippen molar-refractivity contribution in [2.45, 2.75) is 32.6 Å². The van der Waals surface area contributed by atoms with Crippen molar-refractivity contribution in [2.75, 3.05) is 13.7 Å². The van der Waals surface area contributed by atoms with Crippen LogP contribution >= 0.6 is 0 Å². The van der Waals surface area contributed by atoms with Crippen LogP contribution < -0.4 is 10.1 Å². The van der Waals surface area contributed by atoms with Gasteiger partial charge < -0.3 is 15.2 Å². The van der Waals surface area contributed by atoms with E-state index < -0.39 is 11.4 Å². The zero-order valence-electron chi connectivity index (χ0n) is 15.6. The number of aryl methyl sites for hydroxylation is 1. The van der Waals surface area contributed by atoms with E-state index in [2.05, 4.69) is 5.32 Å². The first-order chi connectivity index (χ1) is 12.3. The lowest BCUT2D eigenvalue weighted by atomic mass is 9.83. The average Bonchev–Trinajstić information content (AvgIpc) is 2.61. The molecule has 0 bridgehead atoms. The van der Waals surface area contributed by atoms with Crippen LogP contribution in [-0.2, 0) is 16.6 Å². The molecule has 138 valence electrons. The molecule has 26 heavy (non-hydrogen) atoms. The Balaban J connectivity index is 2.01. The highest BCUT2D eigenvalue weighted by atomic mass is 16.5. The number of amides is 1. The van der Waals surface area contributed by atoms with Crippen LogP contribution in [0.25, 0.3) is 0 Å². The first kappa shape index (κ1) is 19.5. The number of rotatable bonds is 7. The number of nitrogens with one attached hydrogen (secondary N) is 1. The van der Waals surface area contributed by atoms with Crippen LogP contribution in [0.15, 0.2) is 42.5 Å². The Morgan fingerprint density at radius 1 is 1.12 bits per heavy atom. The lowest BCUT2D eigenvalue weighted by Crippen LogP contribution is -2.40. The van der Waals surface area contributed by atoms with Gasteiger partial charge in [0, 0.05) is 6.54 Å². The number of carbonyl (C=O) groups is 2. The maximum absolute atomic E-state index is 12.6. The Morgan fingerprint density at radius 3 is 2.35 bits per heavy atom. The fraction of sp³-hybridized carbons (Fsp3) is 0.333. The predicted molar refractivity (Wildman–Crippen MR) is 101 cm³/mol. The summed E-state index contributed by atoms with van der Waals surface area (Å²) in [6, 6.07) is 12.7. The van der Waals surface area contributed by atoms with Gasteiger partial charge in [0.2, 0.25) is 5.91 Å². The van der Waals surface area contributed by atoms with Crippen molar-refractivity contribution in [3.8, 4) is 5.75 Å². The van der Waals surface area contributed by atoms with Gasteiger partial charge in [-0.3, -0.25) is 4.79 Å². The minimum absolute atomic E-state index is 0.0533. The molecule has 0 heterocycles. The molecule has 0 saturated heterocycles. The Morgan fingerprint density at radius 2 is 1.77 bits per heavy atom. The highest BCUT2D eigenvalue weighted by Gasteiger charge is 2.29. The van der Waals surface area contributed by atoms with Gasteiger partial charge in [-0.1, -0.05) is 35.9 Å². The number of hydrogen-bond donors (Lipinski definition) is 2. The summed E-state index contributed by atoms with van der Waals surface area (Å²) in [6.07, 6.45) is 0.554. The molecule has 1 amide bonds. The van der Waals surface area contributed by atoms with Crippen molar-refractivity contribution in [2.24, 2.45) is 0 Å². The van der Waals surface area contributed by atoms with E-state index in [4.69, 9.17) is 9.84 Å². The SMILES string of the molecule is COc1cc(C(=O)O)ccc1CCNC(=O)C(C)(C)c1ccc(C)cc1. The van der Waals surface area contributed by atoms with Gasteiger partial charge in [0.25, 0.3) is 0 Å². The van der Waals surface area contributed by atoms with Crippen molar-refractivity contribution >= 4 is 11.9 Å². The second kappa shape index (κ2) is 8.04. The van der Waals surface area contributed by atoms with Crippen LogP contribution in [0.2, 0.25) is 0 Å². The molecule has 0 aliphatic heterocycles. The average molecular weight is 355 g/mol. The van der Waals surface area contributed by atoms with E-state index in [1.807, 2.05) is 45.0 Å². The summed E-state index contributed by atoms with van der Waals surface area (Å²) in [5.74, 6) is -0.539. The van der Waals surface area contributed by atoms with Crippen molar-refractivity contribution in [3.05, 3.63) is 64.7 Å². The molecular weight excluding hydrogens is 330 g/mol. The molecule has 0 unspecified atom stereocenters. The fourth-order valence-electron chi connectivity index (χ4n) is 2.72. The van der Waals surface area contributed by atoms with Crippen LogP contribution in [0.3, 0.4) is 0 Å². The molecule has 5 nitrogen and oxygen atoms in total. The largest absolute Gasteiger partial charge is 0.496 e. The highest BCUT2D eigenvalue weighted by Crippen LogP contribution is 2.24. The van der Waals surface area contributed by atoms with Crippen LogP contribution in [0, 0.1) is 6.92 Å². The second-order valence-electron chi connectivity index (χ2n) is 6.83. The smallest absolute Gasteiger partial charge is 0.335 e. The first-order valence-electron chi connectivity index (χ1n) is 8.51. The molecule has 0 saturated carbocycles. The van der Waals surface area contributed by atoms with Crippen LogP contribution in [0.4, 0.5) is 0 Å². The van der Waals surface area contributed by atoms with Gasteiger partial charge in [-0.15, -0.1) is 0 Å². The van der Waals surface area contributed by atoms with Gasteiger partial charge in [-0.25, -0.2) is 4.79 Å². The fourth-order valence-corrected chi connectivity index (χ4v) is 2.72. The number of carboxylic acid groups (broad SMARTS) is 1. The van der Waals surface area contributed by atoms with Gasteiger partial charge in [0.15, 0.2) is 0 Å². The predicted octanol–water partition coefficient (Wildman–Crippen LogP) is 3.34. The van der Waals surface area contributed by atoms with E-state index in [1.165, 1.54) is 19.2 Å². The van der Waals surface area contributed by atoms with E-state index in [0.717, 1.165) is 16.7 Å². The number of ether oxygens (including phenoxy) is 1. The molecule has 0 aliphatic rings. The topological polar surface area (TPSA) is 75.6 Å². The van der Waals surface area contributed by atoms with Gasteiger partial charge >= 0.3 is 5.97 Å². The zero-order valence-corrected chi connectivity index (χ0v) is 15.6. The normalized spacial score (nSPS) is 11.1. The highest BCUT2D eigenvalue weighted by molar-refractivity contribution is 5.88. The summed E-state index contributed by atoms with van der Waals surface area (Å²) < 4.78 is 5.27. The van der Waals surface area contributed by atoms with Crippen molar-refractivity contribution in [1.29, 1.82) is 0 Å². The lowest BCUT2D eigenvalue weighted by Gasteiger charge is -2.24. The maximum Gasteiger partial charge on any atom is 0.335 e. The quantitative estimate of drug-likeness (QED) is 0.799. The van der Waals surface area contributed by atoms with Crippen LogP contribution in [-0.4, -0.2) is 30.6 Å². The van der Waals surface area contributed by atoms with Crippen molar-refractivity contribution < 1.29 is 19.4 Å². The second-order valence-corrected chi connectivity index (χ2v) is 6.83. The molecular formula is C21H25NO4. The van der Waals surface area contributed by atoms with E-state index in [9.17, 15) is 9.59 Å². The molecule has 0 fully saturated rings. The Kier molecular flexibility index (Phi) is 6.03. The van der Waals surface area contributed by atoms with Gasteiger partial charge in [0.1, 0.15) is 5.75 Å². The molecule has 0 radical (unpaired) electrons. The van der Waals surface area contributed by atoms with Crippen LogP contribution in [0.5, 0.6) is 5.75 Å². The summed E-state index contributed by atoms with van der Waals surface area (Å²) in [5.41, 5.74) is 2.51. The number of methoxy groups -OCH3 is 1. The number of carbonyl (C=O) groups excluding carboxylic acids is 1. The third kappa shape index (κ3) is 4.42. The molecule has 0 spiro atoms. The monoisotopic (exact) mass is 355 g/mol. The van der Waals surface area contributed by atoms with Crippen LogP contribution in [0.1, 0.15) is 40.9 Å². The first-order valence-corrected chi connectivity index (χ1v) is 8.51. The summed E-state index contributed by atoms with van der Waals surface area (Å²) >= 11 is 0. The number of hydrogen-bond acceptors (Lipinski definition) is 3. The van der Waals surface area contributed by atoms with Gasteiger partial charge in [-0.05, 0) is 50.5 Å². The molecule has 5 heteroatoms. The number of aromatic carboxylic acids is 1. The van der Waals surface area contributed by atoms with E-state index in [-0.39, 0.29) is 11.5 Å². The van der Waals surface area contributed by atoms with Gasteiger partial charge in [0.05, 0.1) is 18.1 Å². The molecule has 2 rings (SSSR count). The standard InChI is InChI=1S/C21H25NO4/c1-14-5-9-17(10-6-14)21(2,3)20(25)22-12-11-15-7-8-16(19(23)24)13-18(15)26-4/h5-10,13H,11-12H2,1-4H3,(H,22,25)(H,23,24). The Labute approximate surface area is 154 Å². The van der Waals surface area contributed by atoms with Gasteiger partial charge in [-0.2, -0.15) is 0 Å². The third-order valence-corrected chi connectivity index (χ3v) is 4.55. The van der Waals surface area contributed by atoms with E-state index in [1.54, 1.807) is 6.07 Å². The summed E-state index contributed by atoms with van der Waals surface area (Å²) in [7, 11) is 1.50. The van der Waals surface area contributed by atoms with Crippen molar-refractivity contribution in [1.82, 2.24) is 5.32 Å².